The molecule has 10 heteroatoms. The fourth-order valence-corrected chi connectivity index (χ4v) is 2.14. The van der Waals surface area contributed by atoms with E-state index in [2.05, 4.69) is 20.8 Å². The SMILES string of the molecule is C[C@H](NC(=O)NCc1ccc(F)cc1C(F)(F)F)c1nncn1C. The molecule has 0 saturated heterocycles. The number of alkyl halides is 3. The smallest absolute Gasteiger partial charge is 0.334 e. The lowest BCUT2D eigenvalue weighted by molar-refractivity contribution is -0.138. The summed E-state index contributed by atoms with van der Waals surface area (Å²) in [5.74, 6) is -0.505. The van der Waals surface area contributed by atoms with Crippen molar-refractivity contribution < 1.29 is 22.4 Å². The second kappa shape index (κ2) is 6.85. The van der Waals surface area contributed by atoms with Gasteiger partial charge in [0.1, 0.15) is 12.1 Å². The molecule has 0 unspecified atom stereocenters. The number of benzene rings is 1. The van der Waals surface area contributed by atoms with Crippen molar-refractivity contribution in [3.63, 3.8) is 0 Å². The first-order chi connectivity index (χ1) is 11.2. The maximum absolute atomic E-state index is 13.0. The lowest BCUT2D eigenvalue weighted by Crippen LogP contribution is -2.37. The molecule has 1 aromatic heterocycles. The van der Waals surface area contributed by atoms with Gasteiger partial charge in [0, 0.05) is 13.6 Å². The average molecular weight is 345 g/mol. The number of urea groups is 1. The number of halogens is 4. The van der Waals surface area contributed by atoms with Crippen molar-refractivity contribution in [1.29, 1.82) is 0 Å². The van der Waals surface area contributed by atoms with Gasteiger partial charge in [-0.1, -0.05) is 6.07 Å². The largest absolute Gasteiger partial charge is 0.416 e. The predicted octanol–water partition coefficient (Wildman–Crippen LogP) is 2.53. The fraction of sp³-hybridized carbons (Fsp3) is 0.357. The maximum Gasteiger partial charge on any atom is 0.416 e. The minimum Gasteiger partial charge on any atom is -0.334 e. The van der Waals surface area contributed by atoms with Crippen LogP contribution in [-0.2, 0) is 19.8 Å². The van der Waals surface area contributed by atoms with Crippen LogP contribution in [0.2, 0.25) is 0 Å². The minimum atomic E-state index is -4.71. The molecule has 0 fully saturated rings. The maximum atomic E-state index is 13.0. The Hall–Kier alpha value is -2.65. The first-order valence-corrected chi connectivity index (χ1v) is 6.92. The van der Waals surface area contributed by atoms with Crippen LogP contribution in [0.25, 0.3) is 0 Å². The van der Waals surface area contributed by atoms with Crippen molar-refractivity contribution in [3.8, 4) is 0 Å². The lowest BCUT2D eigenvalue weighted by Gasteiger charge is -2.16. The summed E-state index contributed by atoms with van der Waals surface area (Å²) in [7, 11) is 1.69. The quantitative estimate of drug-likeness (QED) is 0.837. The average Bonchev–Trinajstić information content (AvgIpc) is 2.91. The molecule has 0 saturated carbocycles. The summed E-state index contributed by atoms with van der Waals surface area (Å²) in [5, 5.41) is 12.3. The van der Waals surface area contributed by atoms with Crippen LogP contribution in [0.3, 0.4) is 0 Å². The molecule has 0 spiro atoms. The van der Waals surface area contributed by atoms with Crippen LogP contribution in [0.15, 0.2) is 24.5 Å². The number of carbonyl (C=O) groups is 1. The molecule has 2 amide bonds. The number of carbonyl (C=O) groups excluding carboxylic acids is 1. The van der Waals surface area contributed by atoms with Gasteiger partial charge in [-0.2, -0.15) is 13.2 Å². The molecule has 1 aromatic carbocycles. The normalized spacial score (nSPS) is 12.8. The highest BCUT2D eigenvalue weighted by Gasteiger charge is 2.33. The summed E-state index contributed by atoms with van der Waals surface area (Å²) in [4.78, 5) is 11.8. The first-order valence-electron chi connectivity index (χ1n) is 6.92. The van der Waals surface area contributed by atoms with Gasteiger partial charge >= 0.3 is 12.2 Å². The Labute approximate surface area is 134 Å². The Bertz CT molecular complexity index is 728. The Balaban J connectivity index is 2.01. The zero-order valence-corrected chi connectivity index (χ0v) is 12.9. The van der Waals surface area contributed by atoms with Gasteiger partial charge in [-0.3, -0.25) is 0 Å². The van der Waals surface area contributed by atoms with Crippen LogP contribution in [0.4, 0.5) is 22.4 Å². The highest BCUT2D eigenvalue weighted by molar-refractivity contribution is 5.74. The first kappa shape index (κ1) is 17.7. The van der Waals surface area contributed by atoms with E-state index in [0.29, 0.717) is 11.9 Å². The fourth-order valence-electron chi connectivity index (χ4n) is 2.14. The van der Waals surface area contributed by atoms with Gasteiger partial charge in [0.2, 0.25) is 0 Å². The van der Waals surface area contributed by atoms with Crippen molar-refractivity contribution in [1.82, 2.24) is 25.4 Å². The predicted molar refractivity (Wildman–Crippen MR) is 76.2 cm³/mol. The molecule has 2 N–H and O–H groups in total. The molecular weight excluding hydrogens is 330 g/mol. The Morgan fingerprint density at radius 1 is 1.38 bits per heavy atom. The topological polar surface area (TPSA) is 71.8 Å². The number of hydrogen-bond acceptors (Lipinski definition) is 3. The second-order valence-corrected chi connectivity index (χ2v) is 5.15. The van der Waals surface area contributed by atoms with Crippen LogP contribution in [0.1, 0.15) is 29.9 Å². The van der Waals surface area contributed by atoms with Crippen LogP contribution in [0.5, 0.6) is 0 Å². The van der Waals surface area contributed by atoms with E-state index >= 15 is 0 Å². The number of nitrogens with zero attached hydrogens (tertiary/aromatic N) is 3. The van der Waals surface area contributed by atoms with E-state index in [0.717, 1.165) is 12.1 Å². The van der Waals surface area contributed by atoms with Gasteiger partial charge in [-0.25, -0.2) is 9.18 Å². The van der Waals surface area contributed by atoms with E-state index in [-0.39, 0.29) is 5.56 Å². The Morgan fingerprint density at radius 2 is 2.08 bits per heavy atom. The third kappa shape index (κ3) is 4.21. The number of aryl methyl sites for hydroxylation is 1. The summed E-state index contributed by atoms with van der Waals surface area (Å²) in [6.07, 6.45) is -3.25. The highest BCUT2D eigenvalue weighted by atomic mass is 19.4. The molecule has 1 atom stereocenters. The summed E-state index contributed by atoms with van der Waals surface area (Å²) in [6.45, 7) is 1.26. The van der Waals surface area contributed by atoms with E-state index in [4.69, 9.17) is 0 Å². The van der Waals surface area contributed by atoms with Gasteiger partial charge in [0.15, 0.2) is 5.82 Å². The van der Waals surface area contributed by atoms with Gasteiger partial charge in [-0.05, 0) is 24.6 Å². The molecule has 0 aliphatic carbocycles. The van der Waals surface area contributed by atoms with Crippen LogP contribution in [0, 0.1) is 5.82 Å². The monoisotopic (exact) mass is 345 g/mol. The van der Waals surface area contributed by atoms with Gasteiger partial charge < -0.3 is 15.2 Å². The molecule has 130 valence electrons. The van der Waals surface area contributed by atoms with Crippen molar-refractivity contribution in [2.75, 3.05) is 0 Å². The van der Waals surface area contributed by atoms with E-state index < -0.39 is 36.2 Å². The number of nitrogens with one attached hydrogen (secondary N) is 2. The zero-order valence-electron chi connectivity index (χ0n) is 12.9. The van der Waals surface area contributed by atoms with Crippen molar-refractivity contribution >= 4 is 6.03 Å². The van der Waals surface area contributed by atoms with E-state index in [9.17, 15) is 22.4 Å². The van der Waals surface area contributed by atoms with Crippen LogP contribution < -0.4 is 10.6 Å². The summed E-state index contributed by atoms with van der Waals surface area (Å²) >= 11 is 0. The number of amides is 2. The van der Waals surface area contributed by atoms with Gasteiger partial charge in [0.05, 0.1) is 11.6 Å². The summed E-state index contributed by atoms with van der Waals surface area (Å²) in [6, 6.07) is 1.13. The third-order valence-corrected chi connectivity index (χ3v) is 3.30. The number of hydrogen-bond donors (Lipinski definition) is 2. The molecule has 0 bridgehead atoms. The highest BCUT2D eigenvalue weighted by Crippen LogP contribution is 2.32. The molecule has 2 aromatic rings. The van der Waals surface area contributed by atoms with Crippen LogP contribution in [-0.4, -0.2) is 20.8 Å². The Kier molecular flexibility index (Phi) is 5.05. The molecule has 1 heterocycles. The summed E-state index contributed by atoms with van der Waals surface area (Å²) in [5.41, 5.74) is -1.35. The van der Waals surface area contributed by atoms with Crippen molar-refractivity contribution in [2.24, 2.45) is 7.05 Å². The standard InChI is InChI=1S/C14H15F4N5O/c1-8(12-22-20-7-23(12)2)21-13(24)19-6-9-3-4-10(15)5-11(9)14(16,17)18/h3-5,7-8H,6H2,1-2H3,(H2,19,21,24)/t8-/m0/s1. The van der Waals surface area contributed by atoms with Crippen LogP contribution >= 0.6 is 0 Å². The molecular formula is C14H15F4N5O. The molecule has 24 heavy (non-hydrogen) atoms. The second-order valence-electron chi connectivity index (χ2n) is 5.15. The Morgan fingerprint density at radius 3 is 2.67 bits per heavy atom. The minimum absolute atomic E-state index is 0.231. The van der Waals surface area contributed by atoms with E-state index in [1.165, 1.54) is 6.33 Å². The molecule has 2 rings (SSSR count). The molecule has 0 radical (unpaired) electrons. The zero-order chi connectivity index (χ0) is 17.9. The molecule has 0 aliphatic heterocycles. The lowest BCUT2D eigenvalue weighted by atomic mass is 10.1. The number of rotatable bonds is 4. The molecule has 6 nitrogen and oxygen atoms in total. The third-order valence-electron chi connectivity index (χ3n) is 3.30. The van der Waals surface area contributed by atoms with Crippen molar-refractivity contribution in [2.45, 2.75) is 25.7 Å². The molecule has 0 aliphatic rings. The number of aromatic nitrogens is 3. The van der Waals surface area contributed by atoms with E-state index in [1.54, 1.807) is 18.5 Å². The van der Waals surface area contributed by atoms with Crippen molar-refractivity contribution in [3.05, 3.63) is 47.3 Å². The van der Waals surface area contributed by atoms with E-state index in [1.807, 2.05) is 0 Å². The summed E-state index contributed by atoms with van der Waals surface area (Å²) < 4.78 is 53.3. The van der Waals surface area contributed by atoms with Gasteiger partial charge in [-0.15, -0.1) is 10.2 Å². The van der Waals surface area contributed by atoms with Gasteiger partial charge in [0.25, 0.3) is 0 Å².